The van der Waals surface area contributed by atoms with Crippen molar-refractivity contribution in [2.45, 2.75) is 19.9 Å². The summed E-state index contributed by atoms with van der Waals surface area (Å²) >= 11 is 0. The summed E-state index contributed by atoms with van der Waals surface area (Å²) in [6.07, 6.45) is 1.97. The molecule has 0 bridgehead atoms. The summed E-state index contributed by atoms with van der Waals surface area (Å²) in [7, 11) is 0. The van der Waals surface area contributed by atoms with Crippen LogP contribution in [0.5, 0.6) is 0 Å². The predicted octanol–water partition coefficient (Wildman–Crippen LogP) is 0.237. The largest absolute Gasteiger partial charge is 0.480 e. The van der Waals surface area contributed by atoms with E-state index in [9.17, 15) is 9.59 Å². The molecule has 2 aromatic heterocycles. The molecule has 2 aromatic rings. The Bertz CT molecular complexity index is 617. The van der Waals surface area contributed by atoms with Crippen LogP contribution in [0.25, 0.3) is 0 Å². The Hall–Kier alpha value is -2.64. The molecular weight excluding hydrogens is 264 g/mol. The Kier molecular flexibility index (Phi) is 4.14. The fourth-order valence-electron chi connectivity index (χ4n) is 1.72. The standard InChI is InChI=1S/C12H14N4O4/c1-8-14-10(20-15-8)4-5-13-12(19)9-3-2-6-16(9)7-11(17)18/h2-3,6H,4-5,7H2,1H3,(H,13,19)(H,17,18). The maximum absolute atomic E-state index is 11.9. The van der Waals surface area contributed by atoms with E-state index in [0.29, 0.717) is 30.4 Å². The molecule has 0 radical (unpaired) electrons. The number of amides is 1. The molecule has 2 heterocycles. The summed E-state index contributed by atoms with van der Waals surface area (Å²) < 4.78 is 6.29. The Balaban J connectivity index is 1.88. The Labute approximate surface area is 114 Å². The molecule has 20 heavy (non-hydrogen) atoms. The quantitative estimate of drug-likeness (QED) is 0.783. The van der Waals surface area contributed by atoms with Gasteiger partial charge in [-0.25, -0.2) is 0 Å². The maximum atomic E-state index is 11.9. The average molecular weight is 278 g/mol. The number of carboxylic acid groups (broad SMARTS) is 1. The van der Waals surface area contributed by atoms with Crippen LogP contribution in [0.15, 0.2) is 22.9 Å². The number of nitrogens with one attached hydrogen (secondary N) is 1. The van der Waals surface area contributed by atoms with Gasteiger partial charge in [0, 0.05) is 19.2 Å². The van der Waals surface area contributed by atoms with E-state index in [-0.39, 0.29) is 12.5 Å². The van der Waals surface area contributed by atoms with Crippen LogP contribution in [-0.4, -0.2) is 38.2 Å². The topological polar surface area (TPSA) is 110 Å². The second-order valence-electron chi connectivity index (χ2n) is 4.16. The number of carboxylic acids is 1. The molecule has 0 atom stereocenters. The number of aromatic nitrogens is 3. The van der Waals surface area contributed by atoms with Gasteiger partial charge in [-0.2, -0.15) is 4.98 Å². The zero-order chi connectivity index (χ0) is 14.5. The highest BCUT2D eigenvalue weighted by Gasteiger charge is 2.12. The maximum Gasteiger partial charge on any atom is 0.323 e. The molecule has 1 amide bonds. The van der Waals surface area contributed by atoms with Crippen LogP contribution < -0.4 is 5.32 Å². The number of carbonyl (C=O) groups excluding carboxylic acids is 1. The highest BCUT2D eigenvalue weighted by atomic mass is 16.5. The molecule has 2 N–H and O–H groups in total. The van der Waals surface area contributed by atoms with Crippen LogP contribution in [-0.2, 0) is 17.8 Å². The second-order valence-corrected chi connectivity index (χ2v) is 4.16. The predicted molar refractivity (Wildman–Crippen MR) is 67.1 cm³/mol. The molecule has 0 spiro atoms. The Morgan fingerprint density at radius 3 is 2.95 bits per heavy atom. The van der Waals surface area contributed by atoms with Gasteiger partial charge in [0.2, 0.25) is 5.89 Å². The molecule has 2 rings (SSSR count). The first-order chi connectivity index (χ1) is 9.56. The SMILES string of the molecule is Cc1noc(CCNC(=O)c2cccn2CC(=O)O)n1. The van der Waals surface area contributed by atoms with E-state index >= 15 is 0 Å². The van der Waals surface area contributed by atoms with Crippen LogP contribution in [0.4, 0.5) is 0 Å². The van der Waals surface area contributed by atoms with Gasteiger partial charge in [-0.1, -0.05) is 5.16 Å². The van der Waals surface area contributed by atoms with E-state index in [1.807, 2.05) is 0 Å². The van der Waals surface area contributed by atoms with Gasteiger partial charge in [-0.15, -0.1) is 0 Å². The van der Waals surface area contributed by atoms with Crippen molar-refractivity contribution in [1.82, 2.24) is 20.0 Å². The van der Waals surface area contributed by atoms with Crippen LogP contribution in [0, 0.1) is 6.92 Å². The van der Waals surface area contributed by atoms with Gasteiger partial charge >= 0.3 is 5.97 Å². The molecule has 0 saturated heterocycles. The zero-order valence-electron chi connectivity index (χ0n) is 10.9. The smallest absolute Gasteiger partial charge is 0.323 e. The van der Waals surface area contributed by atoms with E-state index < -0.39 is 5.97 Å². The van der Waals surface area contributed by atoms with E-state index in [1.165, 1.54) is 4.57 Å². The van der Waals surface area contributed by atoms with Crippen molar-refractivity contribution in [2.75, 3.05) is 6.54 Å². The third kappa shape index (κ3) is 3.44. The Morgan fingerprint density at radius 1 is 1.50 bits per heavy atom. The summed E-state index contributed by atoms with van der Waals surface area (Å²) in [5, 5.41) is 15.1. The first-order valence-corrected chi connectivity index (χ1v) is 6.00. The lowest BCUT2D eigenvalue weighted by atomic mass is 10.3. The van der Waals surface area contributed by atoms with Crippen molar-refractivity contribution in [3.05, 3.63) is 35.7 Å². The average Bonchev–Trinajstić information content (AvgIpc) is 2.98. The summed E-state index contributed by atoms with van der Waals surface area (Å²) in [4.78, 5) is 26.6. The number of aliphatic carboxylic acids is 1. The monoisotopic (exact) mass is 278 g/mol. The summed E-state index contributed by atoms with van der Waals surface area (Å²) in [6.45, 7) is 1.79. The number of rotatable bonds is 6. The minimum atomic E-state index is -1.00. The lowest BCUT2D eigenvalue weighted by Crippen LogP contribution is -2.28. The molecule has 0 aliphatic carbocycles. The highest BCUT2D eigenvalue weighted by molar-refractivity contribution is 5.93. The first kappa shape index (κ1) is 13.8. The summed E-state index contributed by atoms with van der Waals surface area (Å²) in [5.41, 5.74) is 0.300. The number of nitrogens with zero attached hydrogens (tertiary/aromatic N) is 3. The van der Waals surface area contributed by atoms with Crippen LogP contribution in [0.2, 0.25) is 0 Å². The van der Waals surface area contributed by atoms with Gasteiger partial charge in [0.05, 0.1) is 0 Å². The van der Waals surface area contributed by atoms with Crippen molar-refractivity contribution in [3.63, 3.8) is 0 Å². The van der Waals surface area contributed by atoms with Crippen molar-refractivity contribution in [1.29, 1.82) is 0 Å². The number of hydrogen-bond donors (Lipinski definition) is 2. The minimum absolute atomic E-state index is 0.251. The fourth-order valence-corrected chi connectivity index (χ4v) is 1.72. The molecule has 0 unspecified atom stereocenters. The fraction of sp³-hybridized carbons (Fsp3) is 0.333. The number of hydrogen-bond acceptors (Lipinski definition) is 5. The molecule has 0 saturated carbocycles. The molecule has 0 fully saturated rings. The van der Waals surface area contributed by atoms with E-state index in [2.05, 4.69) is 15.5 Å². The lowest BCUT2D eigenvalue weighted by Gasteiger charge is -2.06. The van der Waals surface area contributed by atoms with Crippen molar-refractivity contribution >= 4 is 11.9 Å². The molecule has 8 heteroatoms. The number of carbonyl (C=O) groups is 2. The third-order valence-corrected chi connectivity index (χ3v) is 2.56. The third-order valence-electron chi connectivity index (χ3n) is 2.56. The summed E-state index contributed by atoms with van der Waals surface area (Å²) in [6, 6.07) is 3.19. The van der Waals surface area contributed by atoms with Gasteiger partial charge < -0.3 is 19.5 Å². The minimum Gasteiger partial charge on any atom is -0.480 e. The molecule has 0 aromatic carbocycles. The van der Waals surface area contributed by atoms with Gasteiger partial charge in [0.25, 0.3) is 5.91 Å². The number of aryl methyl sites for hydroxylation is 1. The van der Waals surface area contributed by atoms with Gasteiger partial charge in [0.15, 0.2) is 5.82 Å². The van der Waals surface area contributed by atoms with Gasteiger partial charge in [-0.05, 0) is 19.1 Å². The van der Waals surface area contributed by atoms with Crippen LogP contribution >= 0.6 is 0 Å². The molecule has 8 nitrogen and oxygen atoms in total. The normalized spacial score (nSPS) is 10.4. The van der Waals surface area contributed by atoms with E-state index in [0.717, 1.165) is 0 Å². The molecule has 0 aliphatic heterocycles. The van der Waals surface area contributed by atoms with Gasteiger partial charge in [-0.3, -0.25) is 9.59 Å². The molecule has 106 valence electrons. The molecular formula is C12H14N4O4. The van der Waals surface area contributed by atoms with Gasteiger partial charge in [0.1, 0.15) is 12.2 Å². The zero-order valence-corrected chi connectivity index (χ0v) is 10.9. The second kappa shape index (κ2) is 6.00. The molecule has 0 aliphatic rings. The summed E-state index contributed by atoms with van der Waals surface area (Å²) in [5.74, 6) is -0.352. The van der Waals surface area contributed by atoms with Crippen molar-refractivity contribution < 1.29 is 19.2 Å². The van der Waals surface area contributed by atoms with Crippen LogP contribution in [0.1, 0.15) is 22.2 Å². The Morgan fingerprint density at radius 2 is 2.30 bits per heavy atom. The van der Waals surface area contributed by atoms with E-state index in [4.69, 9.17) is 9.63 Å². The van der Waals surface area contributed by atoms with Crippen molar-refractivity contribution in [3.8, 4) is 0 Å². The van der Waals surface area contributed by atoms with E-state index in [1.54, 1.807) is 25.3 Å². The van der Waals surface area contributed by atoms with Crippen LogP contribution in [0.3, 0.4) is 0 Å². The lowest BCUT2D eigenvalue weighted by molar-refractivity contribution is -0.137. The van der Waals surface area contributed by atoms with Crippen molar-refractivity contribution in [2.24, 2.45) is 0 Å². The highest BCUT2D eigenvalue weighted by Crippen LogP contribution is 2.02. The first-order valence-electron chi connectivity index (χ1n) is 6.00.